The topological polar surface area (TPSA) is 20.2 Å². The molecular weight excluding hydrogens is 227 g/mol. The fraction of sp³-hybridized carbons (Fsp3) is 0.714. The summed E-state index contributed by atoms with van der Waals surface area (Å²) < 4.78 is 0. The van der Waals surface area contributed by atoms with Crippen LogP contribution in [0.25, 0.3) is 0 Å². The molecule has 4 atom stereocenters. The molecule has 0 aliphatic heterocycles. The van der Waals surface area contributed by atoms with Crippen molar-refractivity contribution in [3.8, 4) is 0 Å². The summed E-state index contributed by atoms with van der Waals surface area (Å²) in [5, 5.41) is 12.3. The first-order valence-corrected chi connectivity index (χ1v) is 7.51. The van der Waals surface area contributed by atoms with Crippen LogP contribution in [0.3, 0.4) is 0 Å². The fourth-order valence-electron chi connectivity index (χ4n) is 3.21. The Morgan fingerprint density at radius 1 is 1.47 bits per heavy atom. The van der Waals surface area contributed by atoms with Crippen LogP contribution in [0, 0.1) is 17.8 Å². The second-order valence-electron chi connectivity index (χ2n) is 5.32. The Kier molecular flexibility index (Phi) is 4.69. The van der Waals surface area contributed by atoms with Gasteiger partial charge in [0, 0.05) is 4.88 Å². The molecule has 2 radical (unpaired) electrons. The van der Waals surface area contributed by atoms with E-state index in [1.54, 1.807) is 0 Å². The van der Waals surface area contributed by atoms with Crippen LogP contribution < -0.4 is 0 Å². The van der Waals surface area contributed by atoms with E-state index >= 15 is 0 Å². The first-order chi connectivity index (χ1) is 8.22. The van der Waals surface area contributed by atoms with Crippen molar-refractivity contribution < 1.29 is 5.11 Å². The number of hydrogen-bond donors (Lipinski definition) is 1. The van der Waals surface area contributed by atoms with Gasteiger partial charge in [0.05, 0.1) is 14.0 Å². The van der Waals surface area contributed by atoms with Crippen molar-refractivity contribution in [1.29, 1.82) is 0 Å². The van der Waals surface area contributed by atoms with Gasteiger partial charge >= 0.3 is 0 Å². The molecule has 1 aliphatic carbocycles. The van der Waals surface area contributed by atoms with Crippen molar-refractivity contribution in [2.45, 2.75) is 45.0 Å². The molecule has 92 valence electrons. The van der Waals surface area contributed by atoms with Gasteiger partial charge in [0.25, 0.3) is 0 Å². The standard InChI is InChI=1S/C14H21BOS/c1-10-8-14(16)12(5-2-6-15)13(10)9-11-4-3-7-17-11/h3-4,7,10,12-14,16H,2,5-6,8-9H2,1H3. The van der Waals surface area contributed by atoms with Crippen LogP contribution in [0.1, 0.15) is 31.1 Å². The number of hydrogen-bond acceptors (Lipinski definition) is 2. The summed E-state index contributed by atoms with van der Waals surface area (Å²) in [4.78, 5) is 1.45. The lowest BCUT2D eigenvalue weighted by atomic mass is 9.82. The molecule has 1 aromatic heterocycles. The van der Waals surface area contributed by atoms with Crippen molar-refractivity contribution in [3.05, 3.63) is 22.4 Å². The van der Waals surface area contributed by atoms with Crippen molar-refractivity contribution >= 4 is 19.2 Å². The zero-order valence-electron chi connectivity index (χ0n) is 10.5. The Bertz CT molecular complexity index is 325. The molecule has 1 aromatic rings. The summed E-state index contributed by atoms with van der Waals surface area (Å²) in [6.07, 6.45) is 4.84. The maximum atomic E-state index is 10.1. The van der Waals surface area contributed by atoms with Gasteiger partial charge < -0.3 is 5.11 Å². The SMILES string of the molecule is [B]CCCC1C(O)CC(C)C1Cc1cccs1. The summed E-state index contributed by atoms with van der Waals surface area (Å²) in [6.45, 7) is 2.28. The molecular formula is C14H21BOS. The van der Waals surface area contributed by atoms with E-state index in [9.17, 15) is 5.11 Å². The Hall–Kier alpha value is -0.275. The average Bonchev–Trinajstić information content (AvgIpc) is 2.88. The first-order valence-electron chi connectivity index (χ1n) is 6.63. The Labute approximate surface area is 110 Å². The summed E-state index contributed by atoms with van der Waals surface area (Å²) in [5.41, 5.74) is 0. The minimum absolute atomic E-state index is 0.110. The molecule has 2 rings (SSSR count). The Balaban J connectivity index is 2.00. The molecule has 17 heavy (non-hydrogen) atoms. The minimum Gasteiger partial charge on any atom is -0.393 e. The highest BCUT2D eigenvalue weighted by molar-refractivity contribution is 7.09. The van der Waals surface area contributed by atoms with Crippen molar-refractivity contribution in [3.63, 3.8) is 0 Å². The van der Waals surface area contributed by atoms with Gasteiger partial charge in [0.15, 0.2) is 0 Å². The van der Waals surface area contributed by atoms with E-state index < -0.39 is 0 Å². The van der Waals surface area contributed by atoms with Crippen LogP contribution >= 0.6 is 11.3 Å². The van der Waals surface area contributed by atoms with E-state index in [0.29, 0.717) is 17.8 Å². The molecule has 1 aliphatic rings. The van der Waals surface area contributed by atoms with Crippen LogP contribution in [-0.4, -0.2) is 19.1 Å². The van der Waals surface area contributed by atoms with Gasteiger partial charge in [0.1, 0.15) is 0 Å². The molecule has 1 N–H and O–H groups in total. The fourth-order valence-corrected chi connectivity index (χ4v) is 3.99. The number of thiophene rings is 1. The van der Waals surface area contributed by atoms with Crippen LogP contribution in [0.5, 0.6) is 0 Å². The lowest BCUT2D eigenvalue weighted by Crippen LogP contribution is -2.21. The maximum absolute atomic E-state index is 10.1. The van der Waals surface area contributed by atoms with Gasteiger partial charge in [-0.3, -0.25) is 0 Å². The molecule has 0 saturated heterocycles. The molecule has 0 bridgehead atoms. The monoisotopic (exact) mass is 248 g/mol. The third kappa shape index (κ3) is 3.14. The average molecular weight is 248 g/mol. The minimum atomic E-state index is -0.110. The number of aliphatic hydroxyl groups excluding tert-OH is 1. The van der Waals surface area contributed by atoms with E-state index in [-0.39, 0.29) is 6.10 Å². The molecule has 1 saturated carbocycles. The van der Waals surface area contributed by atoms with Crippen molar-refractivity contribution in [2.24, 2.45) is 17.8 Å². The third-order valence-corrected chi connectivity index (χ3v) is 5.05. The smallest absolute Gasteiger partial charge is 0.0653 e. The highest BCUT2D eigenvalue weighted by atomic mass is 32.1. The van der Waals surface area contributed by atoms with Crippen LogP contribution in [0.2, 0.25) is 6.32 Å². The summed E-state index contributed by atoms with van der Waals surface area (Å²) in [5.74, 6) is 1.72. The molecule has 1 nitrogen and oxygen atoms in total. The van der Waals surface area contributed by atoms with E-state index in [0.717, 1.165) is 32.0 Å². The molecule has 4 unspecified atom stereocenters. The molecule has 0 aromatic carbocycles. The molecule has 1 heterocycles. The van der Waals surface area contributed by atoms with Gasteiger partial charge in [-0.1, -0.05) is 25.7 Å². The van der Waals surface area contributed by atoms with E-state index in [2.05, 4.69) is 24.4 Å². The highest BCUT2D eigenvalue weighted by Crippen LogP contribution is 2.42. The van der Waals surface area contributed by atoms with Gasteiger partial charge in [0.2, 0.25) is 0 Å². The lowest BCUT2D eigenvalue weighted by Gasteiger charge is -2.23. The maximum Gasteiger partial charge on any atom is 0.0653 e. The normalized spacial score (nSPS) is 33.1. The molecule has 0 amide bonds. The Morgan fingerprint density at radius 3 is 2.94 bits per heavy atom. The number of rotatable bonds is 5. The quantitative estimate of drug-likeness (QED) is 0.793. The van der Waals surface area contributed by atoms with Crippen LogP contribution in [0.4, 0.5) is 0 Å². The first kappa shape index (κ1) is 13.2. The van der Waals surface area contributed by atoms with Gasteiger partial charge in [-0.25, -0.2) is 0 Å². The van der Waals surface area contributed by atoms with E-state index in [1.807, 2.05) is 11.3 Å². The largest absolute Gasteiger partial charge is 0.393 e. The zero-order valence-corrected chi connectivity index (χ0v) is 11.3. The molecule has 1 fully saturated rings. The molecule has 3 heteroatoms. The van der Waals surface area contributed by atoms with Crippen molar-refractivity contribution in [2.75, 3.05) is 0 Å². The van der Waals surface area contributed by atoms with Gasteiger partial charge in [-0.2, -0.15) is 0 Å². The highest BCUT2D eigenvalue weighted by Gasteiger charge is 2.39. The van der Waals surface area contributed by atoms with Crippen LogP contribution in [0.15, 0.2) is 17.5 Å². The second-order valence-corrected chi connectivity index (χ2v) is 6.35. The van der Waals surface area contributed by atoms with E-state index in [1.165, 1.54) is 4.88 Å². The van der Waals surface area contributed by atoms with E-state index in [4.69, 9.17) is 7.85 Å². The zero-order chi connectivity index (χ0) is 12.3. The third-order valence-electron chi connectivity index (χ3n) is 4.15. The second kappa shape index (κ2) is 6.06. The molecule has 0 spiro atoms. The summed E-state index contributed by atoms with van der Waals surface area (Å²) >= 11 is 1.83. The Morgan fingerprint density at radius 2 is 2.29 bits per heavy atom. The summed E-state index contributed by atoms with van der Waals surface area (Å²) in [6, 6.07) is 4.33. The lowest BCUT2D eigenvalue weighted by molar-refractivity contribution is 0.111. The van der Waals surface area contributed by atoms with Crippen LogP contribution in [-0.2, 0) is 6.42 Å². The van der Waals surface area contributed by atoms with Gasteiger partial charge in [-0.05, 0) is 48.5 Å². The van der Waals surface area contributed by atoms with Gasteiger partial charge in [-0.15, -0.1) is 11.3 Å². The van der Waals surface area contributed by atoms with Crippen molar-refractivity contribution in [1.82, 2.24) is 0 Å². The summed E-state index contributed by atoms with van der Waals surface area (Å²) in [7, 11) is 5.59. The predicted octanol–water partition coefficient (Wildman–Crippen LogP) is 3.29. The number of aliphatic hydroxyl groups is 1. The predicted molar refractivity (Wildman–Crippen MR) is 74.6 cm³/mol.